The molecule has 9 nitrogen and oxygen atoms in total. The second-order valence-electron chi connectivity index (χ2n) is 11.6. The zero-order chi connectivity index (χ0) is 27.2. The van der Waals surface area contributed by atoms with E-state index >= 15 is 0 Å². The van der Waals surface area contributed by atoms with Gasteiger partial charge in [-0.25, -0.2) is 8.42 Å². The number of benzene rings is 1. The van der Waals surface area contributed by atoms with Gasteiger partial charge in [0.15, 0.2) is 5.78 Å². The minimum atomic E-state index is -3.93. The van der Waals surface area contributed by atoms with Crippen LogP contribution in [0, 0.1) is 5.92 Å². The van der Waals surface area contributed by atoms with Crippen LogP contribution in [0.4, 0.5) is 0 Å². The number of hydrogen-bond acceptors (Lipinski definition) is 6. The first-order valence-electron chi connectivity index (χ1n) is 13.1. The van der Waals surface area contributed by atoms with Gasteiger partial charge < -0.3 is 10.2 Å². The lowest BCUT2D eigenvalue weighted by atomic mass is 9.86. The van der Waals surface area contributed by atoms with E-state index in [-0.39, 0.29) is 41.0 Å². The molecular weight excluding hydrogens is 504 g/mol. The van der Waals surface area contributed by atoms with Gasteiger partial charge >= 0.3 is 0 Å². The molecule has 3 fully saturated rings. The second-order valence-corrected chi connectivity index (χ2v) is 13.5. The number of nitrogens with one attached hydrogen (secondary N) is 1. The summed E-state index contributed by atoms with van der Waals surface area (Å²) in [5.41, 5.74) is 1.53. The summed E-state index contributed by atoms with van der Waals surface area (Å²) < 4.78 is 27.7. The van der Waals surface area contributed by atoms with Crippen molar-refractivity contribution in [1.82, 2.24) is 19.5 Å². The Balaban J connectivity index is 1.33. The van der Waals surface area contributed by atoms with E-state index in [4.69, 9.17) is 0 Å². The van der Waals surface area contributed by atoms with E-state index in [0.717, 1.165) is 18.4 Å². The Bertz CT molecular complexity index is 1330. The maximum Gasteiger partial charge on any atom is 0.251 e. The van der Waals surface area contributed by atoms with E-state index in [2.05, 4.69) is 31.1 Å². The highest BCUT2D eigenvalue weighted by Gasteiger charge is 2.54. The van der Waals surface area contributed by atoms with Crippen LogP contribution >= 0.6 is 0 Å². The van der Waals surface area contributed by atoms with E-state index in [0.29, 0.717) is 24.3 Å². The molecule has 0 bridgehead atoms. The zero-order valence-corrected chi connectivity index (χ0v) is 22.8. The molecule has 3 aliphatic rings. The highest BCUT2D eigenvalue weighted by molar-refractivity contribution is 7.89. The van der Waals surface area contributed by atoms with E-state index in [1.165, 1.54) is 33.7 Å². The number of nitrogens with zero attached hydrogens (tertiary/aromatic N) is 3. The summed E-state index contributed by atoms with van der Waals surface area (Å²) in [5.74, 6) is -0.605. The highest BCUT2D eigenvalue weighted by atomic mass is 32.2. The van der Waals surface area contributed by atoms with Crippen LogP contribution in [0.3, 0.4) is 0 Å². The molecule has 1 saturated carbocycles. The molecule has 38 heavy (non-hydrogen) atoms. The number of ketones is 1. The maximum absolute atomic E-state index is 13.8. The molecule has 2 amide bonds. The SMILES string of the molecule is CC(C)(C)c1ccc(C(=O)NC(CC2CC2)C(=O)N2CCC3C2C(=O)CN3S(=O)(=O)c2cccnc2)cc1. The van der Waals surface area contributed by atoms with Gasteiger partial charge in [0.2, 0.25) is 15.9 Å². The molecule has 1 aromatic heterocycles. The smallest absolute Gasteiger partial charge is 0.251 e. The molecule has 2 aliphatic heterocycles. The van der Waals surface area contributed by atoms with Crippen molar-refractivity contribution in [2.75, 3.05) is 13.1 Å². The minimum Gasteiger partial charge on any atom is -0.340 e. The van der Waals surface area contributed by atoms with Crippen molar-refractivity contribution >= 4 is 27.6 Å². The summed E-state index contributed by atoms with van der Waals surface area (Å²) in [7, 11) is -3.93. The van der Waals surface area contributed by atoms with Gasteiger partial charge in [-0.3, -0.25) is 19.4 Å². The first-order chi connectivity index (χ1) is 18.0. The molecule has 2 aromatic rings. The van der Waals surface area contributed by atoms with Crippen LogP contribution < -0.4 is 5.32 Å². The summed E-state index contributed by atoms with van der Waals surface area (Å²) in [6, 6.07) is 8.12. The Hall–Kier alpha value is -3.11. The average molecular weight is 539 g/mol. The summed E-state index contributed by atoms with van der Waals surface area (Å²) in [6.07, 6.45) is 5.62. The Kier molecular flexibility index (Phi) is 6.89. The molecule has 2 saturated heterocycles. The quantitative estimate of drug-likeness (QED) is 0.579. The highest BCUT2D eigenvalue weighted by Crippen LogP contribution is 2.37. The third-order valence-corrected chi connectivity index (χ3v) is 9.64. The Morgan fingerprint density at radius 1 is 1.11 bits per heavy atom. The first kappa shape index (κ1) is 26.5. The Morgan fingerprint density at radius 2 is 1.82 bits per heavy atom. The number of sulfonamides is 1. The van der Waals surface area contributed by atoms with Crippen LogP contribution in [-0.2, 0) is 25.0 Å². The standard InChI is InChI=1S/C28H34N4O5S/c1-28(2,3)20-10-8-19(9-11-20)26(34)30-22(15-18-6-7-18)27(35)31-14-12-23-25(31)24(33)17-32(23)38(36,37)21-5-4-13-29-16-21/h4-5,8-11,13,16,18,22-23,25H,6-7,12,14-15,17H2,1-3H3,(H,30,34). The topological polar surface area (TPSA) is 117 Å². The average Bonchev–Trinajstić information content (AvgIpc) is 3.50. The van der Waals surface area contributed by atoms with Crippen molar-refractivity contribution in [2.24, 2.45) is 5.92 Å². The predicted octanol–water partition coefficient (Wildman–Crippen LogP) is 2.52. The summed E-state index contributed by atoms with van der Waals surface area (Å²) >= 11 is 0. The molecule has 1 aliphatic carbocycles. The lowest BCUT2D eigenvalue weighted by Gasteiger charge is -2.28. The monoisotopic (exact) mass is 538 g/mol. The van der Waals surface area contributed by atoms with Crippen LogP contribution in [0.2, 0.25) is 0 Å². The van der Waals surface area contributed by atoms with Gasteiger partial charge in [0.1, 0.15) is 17.0 Å². The lowest BCUT2D eigenvalue weighted by molar-refractivity contribution is -0.138. The van der Waals surface area contributed by atoms with Crippen LogP contribution in [0.5, 0.6) is 0 Å². The van der Waals surface area contributed by atoms with Crippen molar-refractivity contribution in [2.45, 2.75) is 74.9 Å². The summed E-state index contributed by atoms with van der Waals surface area (Å²) in [6.45, 7) is 6.28. The van der Waals surface area contributed by atoms with Gasteiger partial charge in [-0.2, -0.15) is 4.31 Å². The van der Waals surface area contributed by atoms with Crippen molar-refractivity contribution in [3.8, 4) is 0 Å². The van der Waals surface area contributed by atoms with Gasteiger partial charge in [-0.1, -0.05) is 45.7 Å². The molecule has 10 heteroatoms. The first-order valence-corrected chi connectivity index (χ1v) is 14.6. The number of carbonyl (C=O) groups is 3. The molecule has 1 aromatic carbocycles. The number of Topliss-reactive ketones (excluding diaryl/α,β-unsaturated/α-hetero) is 1. The predicted molar refractivity (Wildman–Crippen MR) is 141 cm³/mol. The number of amides is 2. The number of fused-ring (bicyclic) bond motifs is 1. The van der Waals surface area contributed by atoms with Gasteiger partial charge in [0, 0.05) is 24.5 Å². The minimum absolute atomic E-state index is 0.0228. The normalized spacial score (nSPS) is 22.8. The molecule has 0 spiro atoms. The summed E-state index contributed by atoms with van der Waals surface area (Å²) in [5, 5.41) is 2.92. The molecule has 3 unspecified atom stereocenters. The molecule has 202 valence electrons. The number of aromatic nitrogens is 1. The third kappa shape index (κ3) is 5.11. The Labute approximate surface area is 223 Å². The molecule has 0 radical (unpaired) electrons. The van der Waals surface area contributed by atoms with E-state index in [1.54, 1.807) is 12.1 Å². The van der Waals surface area contributed by atoms with Crippen molar-refractivity contribution in [1.29, 1.82) is 0 Å². The number of pyridine rings is 1. The van der Waals surface area contributed by atoms with E-state index < -0.39 is 28.1 Å². The number of carbonyl (C=O) groups excluding carboxylic acids is 3. The third-order valence-electron chi connectivity index (χ3n) is 7.78. The van der Waals surface area contributed by atoms with E-state index in [9.17, 15) is 22.8 Å². The fourth-order valence-electron chi connectivity index (χ4n) is 5.45. The number of likely N-dealkylation sites (tertiary alicyclic amines) is 1. The second kappa shape index (κ2) is 9.89. The fraction of sp³-hybridized carbons (Fsp3) is 0.500. The van der Waals surface area contributed by atoms with Gasteiger partial charge in [0.05, 0.1) is 12.6 Å². The van der Waals surface area contributed by atoms with Gasteiger partial charge in [0.25, 0.3) is 5.91 Å². The van der Waals surface area contributed by atoms with Crippen molar-refractivity contribution < 1.29 is 22.8 Å². The number of rotatable bonds is 7. The molecular formula is C28H34N4O5S. The molecule has 3 heterocycles. The zero-order valence-electron chi connectivity index (χ0n) is 22.0. The van der Waals surface area contributed by atoms with Crippen LogP contribution in [-0.4, -0.2) is 71.4 Å². The summed E-state index contributed by atoms with van der Waals surface area (Å²) in [4.78, 5) is 45.4. The lowest BCUT2D eigenvalue weighted by Crippen LogP contribution is -2.52. The maximum atomic E-state index is 13.8. The van der Waals surface area contributed by atoms with Crippen molar-refractivity contribution in [3.63, 3.8) is 0 Å². The fourth-order valence-corrected chi connectivity index (χ4v) is 7.04. The van der Waals surface area contributed by atoms with Gasteiger partial charge in [-0.05, 0) is 54.0 Å². The largest absolute Gasteiger partial charge is 0.340 e. The molecule has 1 N–H and O–H groups in total. The van der Waals surface area contributed by atoms with Gasteiger partial charge in [-0.15, -0.1) is 0 Å². The van der Waals surface area contributed by atoms with E-state index in [1.807, 2.05) is 12.1 Å². The van der Waals surface area contributed by atoms with Crippen molar-refractivity contribution in [3.05, 3.63) is 59.9 Å². The number of hydrogen-bond donors (Lipinski definition) is 1. The van der Waals surface area contributed by atoms with Crippen LogP contribution in [0.1, 0.15) is 62.4 Å². The van der Waals surface area contributed by atoms with Crippen LogP contribution in [0.25, 0.3) is 0 Å². The Morgan fingerprint density at radius 3 is 2.42 bits per heavy atom. The molecule has 3 atom stereocenters. The molecule has 5 rings (SSSR count). The van der Waals surface area contributed by atoms with Crippen LogP contribution in [0.15, 0.2) is 53.7 Å².